The van der Waals surface area contributed by atoms with Gasteiger partial charge in [-0.15, -0.1) is 11.3 Å². The second-order valence-electron chi connectivity index (χ2n) is 4.98. The van der Waals surface area contributed by atoms with Crippen LogP contribution in [0.15, 0.2) is 11.4 Å². The highest BCUT2D eigenvalue weighted by atomic mass is 32.1. The van der Waals surface area contributed by atoms with Gasteiger partial charge in [0.05, 0.1) is 19.1 Å². The normalized spacial score (nSPS) is 18.6. The Labute approximate surface area is 122 Å². The maximum Gasteiger partial charge on any atom is 0.225 e. The maximum atomic E-state index is 12.1. The zero-order valence-corrected chi connectivity index (χ0v) is 12.7. The molecule has 6 heteroatoms. The van der Waals surface area contributed by atoms with Crippen LogP contribution in [0.4, 0.5) is 0 Å². The summed E-state index contributed by atoms with van der Waals surface area (Å²) in [6, 6.07) is 2.04. The zero-order chi connectivity index (χ0) is 14.5. The van der Waals surface area contributed by atoms with Crippen LogP contribution < -0.4 is 5.32 Å². The minimum atomic E-state index is -0.236. The molecule has 1 saturated heterocycles. The van der Waals surface area contributed by atoms with Crippen LogP contribution in [0.1, 0.15) is 16.9 Å². The van der Waals surface area contributed by atoms with Gasteiger partial charge >= 0.3 is 0 Å². The molecule has 110 valence electrons. The van der Waals surface area contributed by atoms with E-state index in [1.165, 1.54) is 10.4 Å². The molecule has 1 fully saturated rings. The number of methoxy groups -OCH3 is 1. The standard InChI is InChI=1S/C14H20N2O3S/c1-10-3-6-20-12(10)8-15-14(18)11-7-13(17)16(9-11)4-5-19-2/h3,6,11H,4-5,7-9H2,1-2H3,(H,15,18)/t11-/m0/s1. The fourth-order valence-corrected chi connectivity index (χ4v) is 3.11. The monoisotopic (exact) mass is 296 g/mol. The number of carbonyl (C=O) groups is 2. The van der Waals surface area contributed by atoms with E-state index >= 15 is 0 Å². The first kappa shape index (κ1) is 15.0. The van der Waals surface area contributed by atoms with Crippen molar-refractivity contribution in [1.29, 1.82) is 0 Å². The molecule has 1 atom stereocenters. The average Bonchev–Trinajstić information content (AvgIpc) is 3.00. The molecule has 0 bridgehead atoms. The summed E-state index contributed by atoms with van der Waals surface area (Å²) >= 11 is 1.64. The van der Waals surface area contributed by atoms with Gasteiger partial charge in [-0.3, -0.25) is 9.59 Å². The molecular formula is C14H20N2O3S. The Morgan fingerprint density at radius 3 is 3.05 bits per heavy atom. The quantitative estimate of drug-likeness (QED) is 0.857. The molecule has 2 heterocycles. The summed E-state index contributed by atoms with van der Waals surface area (Å²) in [5.74, 6) is -0.236. The largest absolute Gasteiger partial charge is 0.383 e. The van der Waals surface area contributed by atoms with Gasteiger partial charge in [-0.1, -0.05) is 0 Å². The zero-order valence-electron chi connectivity index (χ0n) is 11.8. The fraction of sp³-hybridized carbons (Fsp3) is 0.571. The van der Waals surface area contributed by atoms with E-state index in [1.807, 2.05) is 18.4 Å². The Morgan fingerprint density at radius 2 is 2.40 bits per heavy atom. The van der Waals surface area contributed by atoms with Crippen LogP contribution in [0.2, 0.25) is 0 Å². The lowest BCUT2D eigenvalue weighted by molar-refractivity contribution is -0.129. The second-order valence-corrected chi connectivity index (χ2v) is 5.98. The predicted molar refractivity (Wildman–Crippen MR) is 77.5 cm³/mol. The molecule has 1 aromatic heterocycles. The van der Waals surface area contributed by atoms with Crippen LogP contribution in [0.25, 0.3) is 0 Å². The number of hydrogen-bond donors (Lipinski definition) is 1. The number of thiophene rings is 1. The molecule has 0 radical (unpaired) electrons. The van der Waals surface area contributed by atoms with Crippen LogP contribution in [0, 0.1) is 12.8 Å². The number of likely N-dealkylation sites (tertiary alicyclic amines) is 1. The van der Waals surface area contributed by atoms with Crippen LogP contribution in [0.5, 0.6) is 0 Å². The molecule has 1 aliphatic heterocycles. The average molecular weight is 296 g/mol. The van der Waals surface area contributed by atoms with Gasteiger partial charge in [0.25, 0.3) is 0 Å². The van der Waals surface area contributed by atoms with Crippen molar-refractivity contribution in [2.45, 2.75) is 19.9 Å². The summed E-state index contributed by atoms with van der Waals surface area (Å²) in [6.45, 7) is 4.14. The molecular weight excluding hydrogens is 276 g/mol. The van der Waals surface area contributed by atoms with Crippen molar-refractivity contribution in [1.82, 2.24) is 10.2 Å². The molecule has 1 aliphatic rings. The van der Waals surface area contributed by atoms with Crippen molar-refractivity contribution < 1.29 is 14.3 Å². The van der Waals surface area contributed by atoms with E-state index in [1.54, 1.807) is 23.3 Å². The highest BCUT2D eigenvalue weighted by Gasteiger charge is 2.33. The van der Waals surface area contributed by atoms with Crippen LogP contribution >= 0.6 is 11.3 Å². The lowest BCUT2D eigenvalue weighted by Gasteiger charge is -2.15. The molecule has 2 amide bonds. The fourth-order valence-electron chi connectivity index (χ4n) is 2.26. The molecule has 1 aromatic rings. The Balaban J connectivity index is 1.82. The number of aryl methyl sites for hydroxylation is 1. The Morgan fingerprint density at radius 1 is 1.60 bits per heavy atom. The topological polar surface area (TPSA) is 58.6 Å². The van der Waals surface area contributed by atoms with E-state index in [2.05, 4.69) is 5.32 Å². The van der Waals surface area contributed by atoms with Gasteiger partial charge in [0.15, 0.2) is 0 Å². The second kappa shape index (κ2) is 6.85. The van der Waals surface area contributed by atoms with Crippen molar-refractivity contribution in [2.24, 2.45) is 5.92 Å². The van der Waals surface area contributed by atoms with Crippen molar-refractivity contribution in [3.8, 4) is 0 Å². The smallest absolute Gasteiger partial charge is 0.225 e. The lowest BCUT2D eigenvalue weighted by atomic mass is 10.1. The van der Waals surface area contributed by atoms with Crippen molar-refractivity contribution >= 4 is 23.2 Å². The number of nitrogens with one attached hydrogen (secondary N) is 1. The summed E-state index contributed by atoms with van der Waals surface area (Å²) in [7, 11) is 1.61. The molecule has 0 aliphatic carbocycles. The summed E-state index contributed by atoms with van der Waals surface area (Å²) in [5, 5.41) is 4.94. The third kappa shape index (κ3) is 3.58. The summed E-state index contributed by atoms with van der Waals surface area (Å²) < 4.78 is 4.96. The van der Waals surface area contributed by atoms with Crippen molar-refractivity contribution in [3.63, 3.8) is 0 Å². The summed E-state index contributed by atoms with van der Waals surface area (Å²) in [6.07, 6.45) is 0.305. The third-order valence-corrected chi connectivity index (χ3v) is 4.56. The molecule has 0 saturated carbocycles. The van der Waals surface area contributed by atoms with Crippen LogP contribution in [-0.2, 0) is 20.9 Å². The molecule has 0 unspecified atom stereocenters. The molecule has 2 rings (SSSR count). The van der Waals surface area contributed by atoms with Crippen molar-refractivity contribution in [2.75, 3.05) is 26.8 Å². The van der Waals surface area contributed by atoms with E-state index in [0.29, 0.717) is 32.7 Å². The maximum absolute atomic E-state index is 12.1. The first-order chi connectivity index (χ1) is 9.61. The number of nitrogens with zero attached hydrogens (tertiary/aromatic N) is 1. The first-order valence-electron chi connectivity index (χ1n) is 6.69. The molecule has 20 heavy (non-hydrogen) atoms. The minimum Gasteiger partial charge on any atom is -0.383 e. The number of hydrogen-bond acceptors (Lipinski definition) is 4. The third-order valence-electron chi connectivity index (χ3n) is 3.54. The lowest BCUT2D eigenvalue weighted by Crippen LogP contribution is -2.33. The Kier molecular flexibility index (Phi) is 5.14. The summed E-state index contributed by atoms with van der Waals surface area (Å²) in [5.41, 5.74) is 1.19. The van der Waals surface area contributed by atoms with Crippen LogP contribution in [-0.4, -0.2) is 43.5 Å². The van der Waals surface area contributed by atoms with E-state index in [-0.39, 0.29) is 17.7 Å². The highest BCUT2D eigenvalue weighted by Crippen LogP contribution is 2.19. The van der Waals surface area contributed by atoms with Gasteiger partial charge in [-0.25, -0.2) is 0 Å². The van der Waals surface area contributed by atoms with Crippen LogP contribution in [0.3, 0.4) is 0 Å². The Hall–Kier alpha value is -1.40. The SMILES string of the molecule is COCCN1C[C@@H](C(=O)NCc2sccc2C)CC1=O. The van der Waals surface area contributed by atoms with Gasteiger partial charge in [0, 0.05) is 31.5 Å². The van der Waals surface area contributed by atoms with Gasteiger partial charge in [0.1, 0.15) is 0 Å². The van der Waals surface area contributed by atoms with E-state index in [9.17, 15) is 9.59 Å². The van der Waals surface area contributed by atoms with E-state index in [4.69, 9.17) is 4.74 Å². The number of rotatable bonds is 6. The van der Waals surface area contributed by atoms with E-state index < -0.39 is 0 Å². The number of amides is 2. The molecule has 5 nitrogen and oxygen atoms in total. The highest BCUT2D eigenvalue weighted by molar-refractivity contribution is 7.10. The summed E-state index contributed by atoms with van der Waals surface area (Å²) in [4.78, 5) is 26.7. The van der Waals surface area contributed by atoms with Gasteiger partial charge in [-0.05, 0) is 23.9 Å². The minimum absolute atomic E-state index is 0.0360. The van der Waals surface area contributed by atoms with Gasteiger partial charge in [-0.2, -0.15) is 0 Å². The number of ether oxygens (including phenoxy) is 1. The molecule has 0 spiro atoms. The molecule has 0 aromatic carbocycles. The molecule has 1 N–H and O–H groups in total. The van der Waals surface area contributed by atoms with Gasteiger partial charge in [0.2, 0.25) is 11.8 Å². The van der Waals surface area contributed by atoms with E-state index in [0.717, 1.165) is 0 Å². The van der Waals surface area contributed by atoms with Gasteiger partial charge < -0.3 is 15.0 Å². The van der Waals surface area contributed by atoms with Crippen molar-refractivity contribution in [3.05, 3.63) is 21.9 Å². The predicted octanol–water partition coefficient (Wildman–Crippen LogP) is 1.17. The number of carbonyl (C=O) groups excluding carboxylic acids is 2. The first-order valence-corrected chi connectivity index (χ1v) is 7.57. The Bertz CT molecular complexity index is 487.